The van der Waals surface area contributed by atoms with Gasteiger partial charge in [-0.25, -0.2) is 0 Å². The lowest BCUT2D eigenvalue weighted by Gasteiger charge is -2.07. The zero-order valence-corrected chi connectivity index (χ0v) is 12.2. The molecule has 0 N–H and O–H groups in total. The number of terminal acetylenes is 1. The van der Waals surface area contributed by atoms with Crippen LogP contribution in [0.3, 0.4) is 0 Å². The minimum Gasteiger partial charge on any atom is -0.379 e. The molecule has 2 aromatic carbocycles. The van der Waals surface area contributed by atoms with Gasteiger partial charge in [0.2, 0.25) is 0 Å². The number of hydrogen-bond acceptors (Lipinski definition) is 4. The zero-order valence-electron chi connectivity index (χ0n) is 10.5. The lowest BCUT2D eigenvalue weighted by molar-refractivity contribution is 0.486. The van der Waals surface area contributed by atoms with Gasteiger partial charge in [-0.3, -0.25) is 0 Å². The van der Waals surface area contributed by atoms with Gasteiger partial charge in [-0.2, -0.15) is 8.42 Å². The van der Waals surface area contributed by atoms with Crippen molar-refractivity contribution in [3.05, 3.63) is 54.6 Å². The van der Waals surface area contributed by atoms with E-state index >= 15 is 0 Å². The van der Waals surface area contributed by atoms with Crippen LogP contribution in [0.5, 0.6) is 5.75 Å². The fraction of sp³-hybridized carbons (Fsp3) is 0.0667. The molecule has 0 aliphatic heterocycles. The molecule has 0 radical (unpaired) electrons. The molecular weight excluding hydrogens is 292 g/mol. The molecular formula is C15H12O3S2. The SMILES string of the molecule is C#CCSc1ccc(OS(=O)(=O)c2ccccc2)cc1. The second-order valence-electron chi connectivity index (χ2n) is 3.81. The molecule has 0 spiro atoms. The first-order valence-electron chi connectivity index (χ1n) is 5.78. The van der Waals surface area contributed by atoms with Crippen LogP contribution in [0.2, 0.25) is 0 Å². The van der Waals surface area contributed by atoms with E-state index < -0.39 is 10.1 Å². The molecule has 102 valence electrons. The Labute approximate surface area is 123 Å². The highest BCUT2D eigenvalue weighted by Gasteiger charge is 2.15. The molecule has 0 atom stereocenters. The second-order valence-corrected chi connectivity index (χ2v) is 6.41. The van der Waals surface area contributed by atoms with Gasteiger partial charge in [0, 0.05) is 4.90 Å². The molecule has 0 aromatic heterocycles. The predicted molar refractivity (Wildman–Crippen MR) is 80.3 cm³/mol. The summed E-state index contributed by atoms with van der Waals surface area (Å²) in [5.74, 6) is 3.38. The van der Waals surface area contributed by atoms with Crippen LogP contribution in [0.4, 0.5) is 0 Å². The van der Waals surface area contributed by atoms with Crippen LogP contribution < -0.4 is 4.18 Å². The van der Waals surface area contributed by atoms with Crippen LogP contribution in [0.25, 0.3) is 0 Å². The summed E-state index contributed by atoms with van der Waals surface area (Å²) in [4.78, 5) is 1.10. The average molecular weight is 304 g/mol. The Morgan fingerprint density at radius 3 is 2.30 bits per heavy atom. The normalized spacial score (nSPS) is 10.8. The maximum absolute atomic E-state index is 12.0. The van der Waals surface area contributed by atoms with Gasteiger partial charge in [0.1, 0.15) is 10.6 Å². The Kier molecular flexibility index (Phi) is 4.72. The van der Waals surface area contributed by atoms with Crippen molar-refractivity contribution in [2.75, 3.05) is 5.75 Å². The van der Waals surface area contributed by atoms with E-state index in [0.29, 0.717) is 5.75 Å². The summed E-state index contributed by atoms with van der Waals surface area (Å²) >= 11 is 1.50. The van der Waals surface area contributed by atoms with Crippen molar-refractivity contribution in [2.45, 2.75) is 9.79 Å². The van der Waals surface area contributed by atoms with Gasteiger partial charge in [0.05, 0.1) is 5.75 Å². The predicted octanol–water partition coefficient (Wildman–Crippen LogP) is 3.18. The monoisotopic (exact) mass is 304 g/mol. The molecule has 2 rings (SSSR count). The largest absolute Gasteiger partial charge is 0.379 e. The molecule has 0 heterocycles. The highest BCUT2D eigenvalue weighted by atomic mass is 32.2. The van der Waals surface area contributed by atoms with E-state index in [-0.39, 0.29) is 10.6 Å². The Morgan fingerprint density at radius 1 is 1.05 bits per heavy atom. The van der Waals surface area contributed by atoms with E-state index in [9.17, 15) is 8.42 Å². The van der Waals surface area contributed by atoms with Crippen molar-refractivity contribution in [1.29, 1.82) is 0 Å². The summed E-state index contributed by atoms with van der Waals surface area (Å²) in [5.41, 5.74) is 0. The number of thioether (sulfide) groups is 1. The Bertz CT molecular complexity index is 699. The third-order valence-electron chi connectivity index (χ3n) is 2.38. The van der Waals surface area contributed by atoms with Gasteiger partial charge in [-0.15, -0.1) is 18.2 Å². The highest BCUT2D eigenvalue weighted by Crippen LogP contribution is 2.23. The molecule has 0 aliphatic carbocycles. The van der Waals surface area contributed by atoms with E-state index in [0.717, 1.165) is 4.90 Å². The lowest BCUT2D eigenvalue weighted by Crippen LogP contribution is -2.09. The molecule has 0 amide bonds. The van der Waals surface area contributed by atoms with Crippen LogP contribution in [-0.2, 0) is 10.1 Å². The maximum atomic E-state index is 12.0. The molecule has 0 aliphatic rings. The third-order valence-corrected chi connectivity index (χ3v) is 4.56. The average Bonchev–Trinajstić information content (AvgIpc) is 2.47. The van der Waals surface area contributed by atoms with Crippen LogP contribution in [-0.4, -0.2) is 14.2 Å². The van der Waals surface area contributed by atoms with E-state index in [1.165, 1.54) is 23.9 Å². The quantitative estimate of drug-likeness (QED) is 0.483. The van der Waals surface area contributed by atoms with Crippen LogP contribution in [0.1, 0.15) is 0 Å². The molecule has 0 saturated carbocycles. The fourth-order valence-electron chi connectivity index (χ4n) is 1.48. The summed E-state index contributed by atoms with van der Waals surface area (Å²) < 4.78 is 29.1. The van der Waals surface area contributed by atoms with Gasteiger partial charge in [0.25, 0.3) is 0 Å². The summed E-state index contributed by atoms with van der Waals surface area (Å²) in [6, 6.07) is 14.8. The van der Waals surface area contributed by atoms with Crippen LogP contribution in [0, 0.1) is 12.3 Å². The highest BCUT2D eigenvalue weighted by molar-refractivity contribution is 7.99. The Hall–Kier alpha value is -1.90. The number of hydrogen-bond donors (Lipinski definition) is 0. The standard InChI is InChI=1S/C15H12O3S2/c1-2-12-19-14-10-8-13(9-11-14)18-20(16,17)15-6-4-3-5-7-15/h1,3-11H,12H2. The maximum Gasteiger partial charge on any atom is 0.339 e. The number of rotatable bonds is 5. The van der Waals surface area contributed by atoms with Crippen molar-refractivity contribution in [3.8, 4) is 18.1 Å². The van der Waals surface area contributed by atoms with Gasteiger partial charge in [-0.05, 0) is 36.4 Å². The molecule has 5 heteroatoms. The zero-order chi connectivity index (χ0) is 14.4. The second kappa shape index (κ2) is 6.51. The Balaban J connectivity index is 2.12. The van der Waals surface area contributed by atoms with Crippen molar-refractivity contribution in [3.63, 3.8) is 0 Å². The smallest absolute Gasteiger partial charge is 0.339 e. The van der Waals surface area contributed by atoms with E-state index in [4.69, 9.17) is 10.6 Å². The summed E-state index contributed by atoms with van der Waals surface area (Å²) in [6.45, 7) is 0. The first kappa shape index (κ1) is 14.5. The molecule has 0 bridgehead atoms. The van der Waals surface area contributed by atoms with Gasteiger partial charge in [-0.1, -0.05) is 24.1 Å². The summed E-state index contributed by atoms with van der Waals surface area (Å²) in [5, 5.41) is 0. The number of benzene rings is 2. The molecule has 2 aromatic rings. The van der Waals surface area contributed by atoms with Gasteiger partial charge < -0.3 is 4.18 Å². The molecule has 20 heavy (non-hydrogen) atoms. The lowest BCUT2D eigenvalue weighted by atomic mass is 10.3. The van der Waals surface area contributed by atoms with Crippen molar-refractivity contribution in [1.82, 2.24) is 0 Å². The third kappa shape index (κ3) is 3.80. The fourth-order valence-corrected chi connectivity index (χ4v) is 3.01. The minimum atomic E-state index is -3.78. The van der Waals surface area contributed by atoms with Gasteiger partial charge in [0.15, 0.2) is 0 Å². The molecule has 3 nitrogen and oxygen atoms in total. The van der Waals surface area contributed by atoms with E-state index in [1.54, 1.807) is 42.5 Å². The summed E-state index contributed by atoms with van der Waals surface area (Å²) in [6.07, 6.45) is 5.18. The van der Waals surface area contributed by atoms with Crippen LogP contribution >= 0.6 is 11.8 Å². The van der Waals surface area contributed by atoms with Crippen molar-refractivity contribution >= 4 is 21.9 Å². The van der Waals surface area contributed by atoms with E-state index in [1.807, 2.05) is 0 Å². The van der Waals surface area contributed by atoms with Gasteiger partial charge >= 0.3 is 10.1 Å². The molecule has 0 saturated heterocycles. The first-order valence-corrected chi connectivity index (χ1v) is 8.17. The minimum absolute atomic E-state index is 0.130. The van der Waals surface area contributed by atoms with E-state index in [2.05, 4.69) is 5.92 Å². The Morgan fingerprint density at radius 2 is 1.70 bits per heavy atom. The van der Waals surface area contributed by atoms with Crippen LogP contribution in [0.15, 0.2) is 64.4 Å². The van der Waals surface area contributed by atoms with Crippen molar-refractivity contribution < 1.29 is 12.6 Å². The topological polar surface area (TPSA) is 43.4 Å². The summed E-state index contributed by atoms with van der Waals surface area (Å²) in [7, 11) is -3.78. The first-order chi connectivity index (χ1) is 9.62. The molecule has 0 unspecified atom stereocenters. The molecule has 0 fully saturated rings. The van der Waals surface area contributed by atoms with Crippen molar-refractivity contribution in [2.24, 2.45) is 0 Å².